The lowest BCUT2D eigenvalue weighted by atomic mass is 10.00. The fourth-order valence-electron chi connectivity index (χ4n) is 16.1. The maximum Gasteiger partial charge on any atom is 0.181 e. The number of nitrogens with zero attached hydrogens (tertiary/aromatic N) is 1. The highest BCUT2D eigenvalue weighted by atomic mass is 32.1. The number of hydrogen-bond acceptors (Lipinski definition) is 3. The molecule has 1 nitrogen and oxygen atoms in total. The summed E-state index contributed by atoms with van der Waals surface area (Å²) in [7, 11) is -5.88. The molecule has 0 N–H and O–H groups in total. The highest BCUT2D eigenvalue weighted by Gasteiger charge is 2.44. The van der Waals surface area contributed by atoms with E-state index in [1.807, 2.05) is 34.0 Å². The van der Waals surface area contributed by atoms with Crippen LogP contribution in [0, 0.1) is 0 Å². The second-order valence-electron chi connectivity index (χ2n) is 25.3. The quantitative estimate of drug-likeness (QED) is 0.0849. The van der Waals surface area contributed by atoms with E-state index in [1.54, 1.807) is 0 Å². The van der Waals surface area contributed by atoms with Crippen LogP contribution in [0.4, 0.5) is 0 Å². The second-order valence-corrected chi connectivity index (χ2v) is 36.1. The van der Waals surface area contributed by atoms with E-state index in [1.165, 1.54) is 157 Å². The molecule has 0 unspecified atom stereocenters. The molecule has 0 fully saturated rings. The molecule has 0 bridgehead atoms. The summed E-state index contributed by atoms with van der Waals surface area (Å²) < 4.78 is 10.4. The van der Waals surface area contributed by atoms with Crippen LogP contribution in [0.15, 0.2) is 358 Å². The number of rotatable bonds is 12. The zero-order valence-corrected chi connectivity index (χ0v) is 56.7. The Bertz CT molecular complexity index is 6130. The van der Waals surface area contributed by atoms with E-state index in [0.717, 1.165) is 5.69 Å². The van der Waals surface area contributed by atoms with E-state index in [2.05, 4.69) is 362 Å². The summed E-state index contributed by atoms with van der Waals surface area (Å²) in [6.07, 6.45) is 0. The Morgan fingerprint density at radius 3 is 1.18 bits per heavy atom. The van der Waals surface area contributed by atoms with Crippen LogP contribution < -0.4 is 41.5 Å². The first kappa shape index (κ1) is 56.7. The molecule has 96 heavy (non-hydrogen) atoms. The summed E-state index contributed by atoms with van der Waals surface area (Å²) in [5.41, 5.74) is 11.0. The van der Waals surface area contributed by atoms with E-state index >= 15 is 0 Å². The van der Waals surface area contributed by atoms with Crippen LogP contribution in [0.2, 0.25) is 0 Å². The van der Waals surface area contributed by atoms with Gasteiger partial charge in [-0.3, -0.25) is 0 Å². The third-order valence-corrected chi connectivity index (χ3v) is 33.7. The van der Waals surface area contributed by atoms with Crippen LogP contribution in [-0.2, 0) is 0 Å². The lowest BCUT2D eigenvalue weighted by molar-refractivity contribution is 1.18. The van der Waals surface area contributed by atoms with Crippen molar-refractivity contribution in [3.8, 4) is 39.1 Å². The molecule has 0 aliphatic rings. The summed E-state index contributed by atoms with van der Waals surface area (Å²) in [5, 5.41) is 21.3. The summed E-state index contributed by atoms with van der Waals surface area (Å²) in [6, 6.07) is 136. The number of hydrogen-bond donors (Lipinski definition) is 0. The maximum absolute atomic E-state index is 2.98. The number of para-hydroxylation sites is 1. The molecular weight excluding hydrogens is 1250 g/mol. The molecule has 15 aromatic carbocycles. The van der Waals surface area contributed by atoms with Gasteiger partial charge in [0, 0.05) is 77.0 Å². The minimum absolute atomic E-state index is 1.15. The van der Waals surface area contributed by atoms with Crippen molar-refractivity contribution in [2.24, 2.45) is 0 Å². The van der Waals surface area contributed by atoms with Crippen LogP contribution in [0.3, 0.4) is 0 Å². The van der Waals surface area contributed by atoms with Crippen molar-refractivity contribution in [1.82, 2.24) is 4.57 Å². The summed E-state index contributed by atoms with van der Waals surface area (Å²) >= 11 is 5.75. The molecule has 0 spiro atoms. The first-order chi connectivity index (χ1) is 47.6. The van der Waals surface area contributed by atoms with E-state index < -0.39 is 16.1 Å². The fourth-order valence-corrected chi connectivity index (χ4v) is 29.9. The van der Waals surface area contributed by atoms with Crippen molar-refractivity contribution in [3.63, 3.8) is 0 Å². The predicted molar refractivity (Wildman–Crippen MR) is 423 cm³/mol. The van der Waals surface area contributed by atoms with Gasteiger partial charge in [-0.05, 0) is 123 Å². The molecular formula is C90H59NS3Si2. The van der Waals surface area contributed by atoms with Gasteiger partial charge < -0.3 is 4.57 Å². The fraction of sp³-hybridized carbons (Fsp3) is 0. The molecule has 19 rings (SSSR count). The first-order valence-electron chi connectivity index (χ1n) is 32.9. The van der Waals surface area contributed by atoms with Gasteiger partial charge in [0.1, 0.15) is 0 Å². The number of aromatic nitrogens is 1. The molecule has 0 saturated heterocycles. The standard InChI is InChI=1S/C90H59NS3Si2/c1-5-26-65(27-6-1)95(66-28-7-2-8-29-66,70-34-19-24-62(56-70)72-39-21-41-78-75-37-14-17-45-84(75)92-88(72)78)71-35-20-25-63(57-71)73-40-22-42-79-77-54-48-61(59-86(77)94-89(73)79)60-49-55-83-81(58-60)74-36-13-16-44-82(74)91(83)64-50-52-69(53-51-64)96(67-30-9-3-10-31-67,68-32-11-4-12-33-68)87-47-23-43-80-76-38-15-18-46-85(76)93-90(80)87/h1-59H. The predicted octanol–water partition coefficient (Wildman–Crippen LogP) is 19.6. The Balaban J connectivity index is 0.710. The zero-order valence-electron chi connectivity index (χ0n) is 52.2. The average Bonchev–Trinajstić information content (AvgIpc) is 1.09. The van der Waals surface area contributed by atoms with Crippen molar-refractivity contribution >= 4 is 174 Å². The number of thiophene rings is 3. The van der Waals surface area contributed by atoms with Gasteiger partial charge in [-0.15, -0.1) is 34.0 Å². The SMILES string of the molecule is c1ccc([Si](c2ccccc2)(c2cccc(-c3cccc4c3sc3ccccc34)c2)c2cccc(-c3cccc4c3sc3cc(-c5ccc6c(c5)c5ccccc5n6-c5ccc([Si](c6ccccc6)(c6ccccc6)c6cccc7c6sc6ccccc67)cc5)ccc34)c2)cc1. The zero-order chi connectivity index (χ0) is 63.3. The largest absolute Gasteiger partial charge is 0.309 e. The maximum atomic E-state index is 2.54. The van der Waals surface area contributed by atoms with Crippen LogP contribution in [0.25, 0.3) is 121 Å². The summed E-state index contributed by atoms with van der Waals surface area (Å²) in [4.78, 5) is 0. The highest BCUT2D eigenvalue weighted by Crippen LogP contribution is 2.44. The van der Waals surface area contributed by atoms with E-state index in [-0.39, 0.29) is 0 Å². The smallest absolute Gasteiger partial charge is 0.181 e. The molecule has 0 radical (unpaired) electrons. The lowest BCUT2D eigenvalue weighted by Crippen LogP contribution is -2.74. The van der Waals surface area contributed by atoms with Crippen molar-refractivity contribution in [3.05, 3.63) is 358 Å². The summed E-state index contributed by atoms with van der Waals surface area (Å²) in [5.74, 6) is 0. The first-order valence-corrected chi connectivity index (χ1v) is 39.4. The Morgan fingerprint density at radius 1 is 0.208 bits per heavy atom. The summed E-state index contributed by atoms with van der Waals surface area (Å²) in [6.45, 7) is 0. The van der Waals surface area contributed by atoms with Crippen molar-refractivity contribution in [2.45, 2.75) is 0 Å². The lowest BCUT2D eigenvalue weighted by Gasteiger charge is -2.35. The van der Waals surface area contributed by atoms with Crippen LogP contribution in [0.1, 0.15) is 0 Å². The molecule has 0 amide bonds. The molecule has 0 atom stereocenters. The Labute approximate surface area is 571 Å². The Hall–Kier alpha value is -10.8. The van der Waals surface area contributed by atoms with Gasteiger partial charge in [-0.2, -0.15) is 0 Å². The molecule has 4 aromatic heterocycles. The van der Waals surface area contributed by atoms with Gasteiger partial charge in [0.15, 0.2) is 16.1 Å². The molecule has 19 aromatic rings. The van der Waals surface area contributed by atoms with Gasteiger partial charge in [0.05, 0.1) is 11.0 Å². The number of benzene rings is 15. The van der Waals surface area contributed by atoms with E-state index in [9.17, 15) is 0 Å². The monoisotopic (exact) mass is 1310 g/mol. The molecule has 450 valence electrons. The highest BCUT2D eigenvalue weighted by molar-refractivity contribution is 7.31. The normalized spacial score (nSPS) is 12.2. The Morgan fingerprint density at radius 2 is 0.604 bits per heavy atom. The van der Waals surface area contributed by atoms with Crippen LogP contribution in [0.5, 0.6) is 0 Å². The molecule has 6 heteroatoms. The van der Waals surface area contributed by atoms with Crippen LogP contribution in [-0.4, -0.2) is 20.7 Å². The molecule has 4 heterocycles. The van der Waals surface area contributed by atoms with Crippen molar-refractivity contribution in [1.29, 1.82) is 0 Å². The van der Waals surface area contributed by atoms with Gasteiger partial charge >= 0.3 is 0 Å². The van der Waals surface area contributed by atoms with Gasteiger partial charge in [0.25, 0.3) is 0 Å². The number of fused-ring (bicyclic) bond motifs is 12. The minimum atomic E-state index is -2.98. The Kier molecular flexibility index (Phi) is 13.6. The topological polar surface area (TPSA) is 4.93 Å². The van der Waals surface area contributed by atoms with Crippen molar-refractivity contribution < 1.29 is 0 Å². The molecule has 0 saturated carbocycles. The second kappa shape index (κ2) is 23.0. The van der Waals surface area contributed by atoms with Gasteiger partial charge in [-0.25, -0.2) is 0 Å². The molecule has 0 aliphatic heterocycles. The average molecular weight is 1310 g/mol. The minimum Gasteiger partial charge on any atom is -0.309 e. The molecule has 0 aliphatic carbocycles. The van der Waals surface area contributed by atoms with Gasteiger partial charge in [0.2, 0.25) is 0 Å². The van der Waals surface area contributed by atoms with E-state index in [0.29, 0.717) is 0 Å². The third kappa shape index (κ3) is 8.84. The van der Waals surface area contributed by atoms with Crippen molar-refractivity contribution in [2.75, 3.05) is 0 Å². The van der Waals surface area contributed by atoms with Crippen LogP contribution >= 0.6 is 34.0 Å². The van der Waals surface area contributed by atoms with Gasteiger partial charge in [-0.1, -0.05) is 309 Å². The van der Waals surface area contributed by atoms with E-state index in [4.69, 9.17) is 0 Å². The third-order valence-electron chi connectivity index (χ3n) is 20.3.